The van der Waals surface area contributed by atoms with E-state index >= 15 is 0 Å². The van der Waals surface area contributed by atoms with Crippen LogP contribution in [0, 0.1) is 17.6 Å². The highest BCUT2D eigenvalue weighted by molar-refractivity contribution is 5.74. The lowest BCUT2D eigenvalue weighted by Crippen LogP contribution is -2.44. The van der Waals surface area contributed by atoms with E-state index in [1.807, 2.05) is 13.8 Å². The zero-order valence-electron chi connectivity index (χ0n) is 13.6. The second kappa shape index (κ2) is 9.42. The van der Waals surface area contributed by atoms with E-state index in [4.69, 9.17) is 4.74 Å². The van der Waals surface area contributed by atoms with Crippen LogP contribution in [0.5, 0.6) is 0 Å². The van der Waals surface area contributed by atoms with E-state index in [0.717, 1.165) is 12.1 Å². The second-order valence-electron chi connectivity index (χ2n) is 5.84. The molecule has 2 atom stereocenters. The standard InChI is InChI=1S/C16H24F2N2O3/c1-10(2)8-23-9-11(3)20-16(22)19-7-14(21)15-12(17)5-4-6-13(15)18/h4-6,10-11,14,21H,7-9H2,1-3H3,(H2,19,20,22). The maximum atomic E-state index is 13.5. The normalized spacial score (nSPS) is 13.7. The molecule has 0 aliphatic carbocycles. The third-order valence-electron chi connectivity index (χ3n) is 2.99. The van der Waals surface area contributed by atoms with Gasteiger partial charge in [-0.1, -0.05) is 19.9 Å². The number of hydrogen-bond acceptors (Lipinski definition) is 3. The summed E-state index contributed by atoms with van der Waals surface area (Å²) in [5, 5.41) is 14.8. The Morgan fingerprint density at radius 3 is 2.39 bits per heavy atom. The van der Waals surface area contributed by atoms with Crippen LogP contribution in [-0.4, -0.2) is 36.9 Å². The number of carbonyl (C=O) groups is 1. The molecule has 0 saturated heterocycles. The van der Waals surface area contributed by atoms with Gasteiger partial charge in [0.25, 0.3) is 0 Å². The van der Waals surface area contributed by atoms with E-state index in [1.165, 1.54) is 6.07 Å². The average Bonchev–Trinajstić information content (AvgIpc) is 2.44. The van der Waals surface area contributed by atoms with Crippen molar-refractivity contribution in [2.24, 2.45) is 5.92 Å². The molecule has 1 aromatic carbocycles. The van der Waals surface area contributed by atoms with Crippen molar-refractivity contribution in [1.82, 2.24) is 10.6 Å². The molecule has 0 aliphatic rings. The molecule has 1 aromatic rings. The van der Waals surface area contributed by atoms with E-state index in [2.05, 4.69) is 10.6 Å². The average molecular weight is 330 g/mol. The highest BCUT2D eigenvalue weighted by Gasteiger charge is 2.18. The van der Waals surface area contributed by atoms with Crippen LogP contribution < -0.4 is 10.6 Å². The van der Waals surface area contributed by atoms with Gasteiger partial charge in [-0.15, -0.1) is 0 Å². The van der Waals surface area contributed by atoms with Crippen molar-refractivity contribution < 1.29 is 23.4 Å². The minimum atomic E-state index is -1.46. The molecule has 0 aromatic heterocycles. The molecule has 0 heterocycles. The van der Waals surface area contributed by atoms with Gasteiger partial charge in [-0.2, -0.15) is 0 Å². The Hall–Kier alpha value is -1.73. The summed E-state index contributed by atoms with van der Waals surface area (Å²) in [6.07, 6.45) is -1.46. The van der Waals surface area contributed by atoms with Crippen LogP contribution in [0.15, 0.2) is 18.2 Å². The maximum absolute atomic E-state index is 13.5. The number of carbonyl (C=O) groups excluding carboxylic acids is 1. The Kier molecular flexibility index (Phi) is 7.91. The minimum Gasteiger partial charge on any atom is -0.386 e. The number of aliphatic hydroxyl groups is 1. The van der Waals surface area contributed by atoms with Gasteiger partial charge >= 0.3 is 6.03 Å². The summed E-state index contributed by atoms with van der Waals surface area (Å²) in [6, 6.07) is 2.54. The second-order valence-corrected chi connectivity index (χ2v) is 5.84. The molecular weight excluding hydrogens is 306 g/mol. The number of ether oxygens (including phenoxy) is 1. The molecule has 7 heteroatoms. The predicted octanol–water partition coefficient (Wildman–Crippen LogP) is 2.36. The van der Waals surface area contributed by atoms with E-state index in [1.54, 1.807) is 6.92 Å². The SMILES string of the molecule is CC(C)COCC(C)NC(=O)NCC(O)c1c(F)cccc1F. The van der Waals surface area contributed by atoms with Crippen LogP contribution in [0.1, 0.15) is 32.4 Å². The summed E-state index contributed by atoms with van der Waals surface area (Å²) in [5.41, 5.74) is -0.457. The molecule has 0 saturated carbocycles. The zero-order chi connectivity index (χ0) is 17.4. The fourth-order valence-corrected chi connectivity index (χ4v) is 1.92. The van der Waals surface area contributed by atoms with Gasteiger partial charge in [-0.25, -0.2) is 13.6 Å². The lowest BCUT2D eigenvalue weighted by atomic mass is 10.1. The number of rotatable bonds is 8. The number of urea groups is 1. The van der Waals surface area contributed by atoms with Crippen molar-refractivity contribution in [2.45, 2.75) is 32.9 Å². The van der Waals surface area contributed by atoms with Crippen LogP contribution in [0.3, 0.4) is 0 Å². The monoisotopic (exact) mass is 330 g/mol. The molecule has 0 spiro atoms. The van der Waals surface area contributed by atoms with Crippen LogP contribution in [0.4, 0.5) is 13.6 Å². The van der Waals surface area contributed by atoms with Crippen LogP contribution in [0.25, 0.3) is 0 Å². The van der Waals surface area contributed by atoms with Gasteiger partial charge in [-0.3, -0.25) is 0 Å². The fourth-order valence-electron chi connectivity index (χ4n) is 1.92. The predicted molar refractivity (Wildman–Crippen MR) is 83.0 cm³/mol. The molecule has 0 bridgehead atoms. The smallest absolute Gasteiger partial charge is 0.315 e. The van der Waals surface area contributed by atoms with Crippen molar-refractivity contribution >= 4 is 6.03 Å². The van der Waals surface area contributed by atoms with Gasteiger partial charge in [0, 0.05) is 13.2 Å². The quantitative estimate of drug-likeness (QED) is 0.685. The number of nitrogens with one attached hydrogen (secondary N) is 2. The van der Waals surface area contributed by atoms with Gasteiger partial charge < -0.3 is 20.5 Å². The molecular formula is C16H24F2N2O3. The fraction of sp³-hybridized carbons (Fsp3) is 0.562. The zero-order valence-corrected chi connectivity index (χ0v) is 13.6. The number of hydrogen-bond donors (Lipinski definition) is 3. The Bertz CT molecular complexity index is 492. The van der Waals surface area contributed by atoms with E-state index < -0.39 is 29.3 Å². The lowest BCUT2D eigenvalue weighted by Gasteiger charge is -2.17. The number of aliphatic hydroxyl groups excluding tert-OH is 1. The molecule has 3 N–H and O–H groups in total. The molecule has 0 fully saturated rings. The summed E-state index contributed by atoms with van der Waals surface area (Å²) in [7, 11) is 0. The molecule has 1 rings (SSSR count). The first-order chi connectivity index (χ1) is 10.8. The van der Waals surface area contributed by atoms with Crippen LogP contribution in [0.2, 0.25) is 0 Å². The van der Waals surface area contributed by atoms with Crippen LogP contribution >= 0.6 is 0 Å². The van der Waals surface area contributed by atoms with Crippen molar-refractivity contribution in [3.63, 3.8) is 0 Å². The molecule has 0 radical (unpaired) electrons. The summed E-state index contributed by atoms with van der Waals surface area (Å²) < 4.78 is 32.4. The first kappa shape index (κ1) is 19.3. The Morgan fingerprint density at radius 1 is 1.22 bits per heavy atom. The summed E-state index contributed by atoms with van der Waals surface area (Å²) in [6.45, 7) is 6.47. The maximum Gasteiger partial charge on any atom is 0.315 e. The number of amides is 2. The largest absolute Gasteiger partial charge is 0.386 e. The first-order valence-corrected chi connectivity index (χ1v) is 7.55. The Labute approximate surface area is 135 Å². The molecule has 2 amide bonds. The van der Waals surface area contributed by atoms with Crippen LogP contribution in [-0.2, 0) is 4.74 Å². The minimum absolute atomic E-state index is 0.226. The summed E-state index contributed by atoms with van der Waals surface area (Å²) in [5.74, 6) is -1.30. The third kappa shape index (κ3) is 6.92. The lowest BCUT2D eigenvalue weighted by molar-refractivity contribution is 0.0950. The van der Waals surface area contributed by atoms with Gasteiger partial charge in [0.15, 0.2) is 0 Å². The van der Waals surface area contributed by atoms with Gasteiger partial charge in [-0.05, 0) is 25.0 Å². The summed E-state index contributed by atoms with van der Waals surface area (Å²) >= 11 is 0. The van der Waals surface area contributed by atoms with Gasteiger partial charge in [0.05, 0.1) is 18.2 Å². The summed E-state index contributed by atoms with van der Waals surface area (Å²) in [4.78, 5) is 11.7. The number of halogens is 2. The Balaban J connectivity index is 2.38. The first-order valence-electron chi connectivity index (χ1n) is 7.55. The van der Waals surface area contributed by atoms with Crippen molar-refractivity contribution in [2.75, 3.05) is 19.8 Å². The third-order valence-corrected chi connectivity index (χ3v) is 2.99. The van der Waals surface area contributed by atoms with E-state index in [9.17, 15) is 18.7 Å². The molecule has 5 nitrogen and oxygen atoms in total. The molecule has 2 unspecified atom stereocenters. The van der Waals surface area contributed by atoms with Gasteiger partial charge in [0.2, 0.25) is 0 Å². The van der Waals surface area contributed by atoms with Gasteiger partial charge in [0.1, 0.15) is 17.7 Å². The van der Waals surface area contributed by atoms with E-state index in [-0.39, 0.29) is 12.6 Å². The molecule has 130 valence electrons. The highest BCUT2D eigenvalue weighted by atomic mass is 19.1. The molecule has 23 heavy (non-hydrogen) atoms. The van der Waals surface area contributed by atoms with Crippen molar-refractivity contribution in [1.29, 1.82) is 0 Å². The number of benzene rings is 1. The van der Waals surface area contributed by atoms with E-state index in [0.29, 0.717) is 19.1 Å². The highest BCUT2D eigenvalue weighted by Crippen LogP contribution is 2.19. The van der Waals surface area contributed by atoms with Crippen molar-refractivity contribution in [3.05, 3.63) is 35.4 Å². The Morgan fingerprint density at radius 2 is 1.83 bits per heavy atom. The van der Waals surface area contributed by atoms with Crippen molar-refractivity contribution in [3.8, 4) is 0 Å². The topological polar surface area (TPSA) is 70.6 Å². The molecule has 0 aliphatic heterocycles.